The third-order valence-electron chi connectivity index (χ3n) is 17.4. The molecule has 0 bridgehead atoms. The fourth-order valence-corrected chi connectivity index (χ4v) is 13.8. The molecule has 0 spiro atoms. The molecule has 0 unspecified atom stereocenters. The summed E-state index contributed by atoms with van der Waals surface area (Å²) in [6, 6.07) is 91.9. The second-order valence-electron chi connectivity index (χ2n) is 24.4. The van der Waals surface area contributed by atoms with Crippen molar-refractivity contribution in [3.8, 4) is 101 Å². The predicted octanol–water partition coefficient (Wildman–Crippen LogP) is 21.9. The zero-order valence-electron chi connectivity index (χ0n) is 50.9. The molecule has 0 amide bonds. The molecule has 0 aliphatic rings. The van der Waals surface area contributed by atoms with Crippen LogP contribution in [0.4, 0.5) is 0 Å². The molecule has 0 N–H and O–H groups in total. The smallest absolute Gasteiger partial charge is 0.164 e. The maximum absolute atomic E-state index is 5.34. The first-order valence-electron chi connectivity index (χ1n) is 30.5. The number of fused-ring (bicyclic) bond motifs is 6. The van der Waals surface area contributed by atoms with Crippen molar-refractivity contribution in [2.24, 2.45) is 0 Å². The summed E-state index contributed by atoms with van der Waals surface area (Å²) in [5.74, 6) is 1.82. The molecule has 0 aliphatic carbocycles. The first-order chi connectivity index (χ1) is 42.8. The summed E-state index contributed by atoms with van der Waals surface area (Å²) in [7, 11) is 0. The Morgan fingerprint density at radius 1 is 0.205 bits per heavy atom. The van der Waals surface area contributed by atoms with Gasteiger partial charge >= 0.3 is 0 Å². The van der Waals surface area contributed by atoms with E-state index in [1.54, 1.807) is 0 Å². The third kappa shape index (κ3) is 9.85. The maximum Gasteiger partial charge on any atom is 0.164 e. The Kier molecular flexibility index (Phi) is 13.3. The van der Waals surface area contributed by atoms with E-state index in [0.29, 0.717) is 17.5 Å². The van der Waals surface area contributed by atoms with Gasteiger partial charge in [0.2, 0.25) is 0 Å². The second-order valence-corrected chi connectivity index (χ2v) is 24.4. The molecule has 0 atom stereocenters. The summed E-state index contributed by atoms with van der Waals surface area (Å²) in [5.41, 5.74) is 30.9. The Morgan fingerprint density at radius 3 is 0.841 bits per heavy atom. The van der Waals surface area contributed by atoms with Gasteiger partial charge in [-0.3, -0.25) is 0 Å². The minimum Gasteiger partial charge on any atom is -0.309 e. The Labute approximate surface area is 514 Å². The van der Waals surface area contributed by atoms with E-state index in [2.05, 4.69) is 277 Å². The van der Waals surface area contributed by atoms with Crippen LogP contribution < -0.4 is 0 Å². The number of hydrogen-bond acceptors (Lipinski definition) is 3. The lowest BCUT2D eigenvalue weighted by atomic mass is 9.97. The van der Waals surface area contributed by atoms with Gasteiger partial charge in [0, 0.05) is 49.4 Å². The second kappa shape index (κ2) is 21.6. The molecule has 15 rings (SSSR count). The summed E-state index contributed by atoms with van der Waals surface area (Å²) in [6.07, 6.45) is 0. The van der Waals surface area contributed by atoms with Gasteiger partial charge in [-0.25, -0.2) is 15.0 Å². The zero-order valence-corrected chi connectivity index (χ0v) is 50.9. The molecule has 12 aromatic carbocycles. The van der Waals surface area contributed by atoms with Gasteiger partial charge in [-0.2, -0.15) is 0 Å². The van der Waals surface area contributed by atoms with Crippen molar-refractivity contribution >= 4 is 43.6 Å². The van der Waals surface area contributed by atoms with E-state index in [4.69, 9.17) is 15.0 Å². The lowest BCUT2D eigenvalue weighted by molar-refractivity contribution is 1.07. The van der Waals surface area contributed by atoms with E-state index in [1.807, 2.05) is 36.4 Å². The molecule has 0 aliphatic heterocycles. The van der Waals surface area contributed by atoms with E-state index < -0.39 is 0 Å². The molecule has 3 heterocycles. The van der Waals surface area contributed by atoms with Gasteiger partial charge in [0.1, 0.15) is 0 Å². The van der Waals surface area contributed by atoms with E-state index >= 15 is 0 Å². The fraction of sp³-hybridized carbons (Fsp3) is 0.0964. The molecular formula is C83H65N5. The van der Waals surface area contributed by atoms with Crippen LogP contribution in [0.1, 0.15) is 44.5 Å². The number of hydrogen-bond donors (Lipinski definition) is 0. The molecule has 0 saturated heterocycles. The van der Waals surface area contributed by atoms with E-state index in [-0.39, 0.29) is 0 Å². The highest BCUT2D eigenvalue weighted by Crippen LogP contribution is 2.45. The van der Waals surface area contributed by atoms with Gasteiger partial charge in [-0.05, 0) is 161 Å². The first-order valence-corrected chi connectivity index (χ1v) is 30.5. The van der Waals surface area contributed by atoms with Crippen molar-refractivity contribution in [1.82, 2.24) is 24.1 Å². The molecule has 0 fully saturated rings. The van der Waals surface area contributed by atoms with Gasteiger partial charge in [0.05, 0.1) is 33.4 Å². The molecule has 15 aromatic rings. The first kappa shape index (κ1) is 53.9. The summed E-state index contributed by atoms with van der Waals surface area (Å²) < 4.78 is 4.99. The van der Waals surface area contributed by atoms with Gasteiger partial charge in [0.15, 0.2) is 17.5 Å². The average Bonchev–Trinajstić information content (AvgIpc) is 2.90. The van der Waals surface area contributed by atoms with E-state index in [1.165, 1.54) is 111 Å². The lowest BCUT2D eigenvalue weighted by Crippen LogP contribution is -2.04. The van der Waals surface area contributed by atoms with Crippen LogP contribution in [0.5, 0.6) is 0 Å². The molecule has 88 heavy (non-hydrogen) atoms. The summed E-state index contributed by atoms with van der Waals surface area (Å²) >= 11 is 0. The number of rotatable bonds is 10. The number of aryl methyl sites for hydroxylation is 8. The minimum atomic E-state index is 0.588. The number of benzene rings is 12. The van der Waals surface area contributed by atoms with Crippen LogP contribution in [-0.4, -0.2) is 24.1 Å². The van der Waals surface area contributed by atoms with Gasteiger partial charge in [-0.15, -0.1) is 0 Å². The summed E-state index contributed by atoms with van der Waals surface area (Å²) in [4.78, 5) is 15.8. The normalized spacial score (nSPS) is 11.6. The molecule has 3 aromatic heterocycles. The molecule has 422 valence electrons. The Morgan fingerprint density at radius 2 is 0.489 bits per heavy atom. The lowest BCUT2D eigenvalue weighted by Gasteiger charge is -2.20. The molecule has 5 heteroatoms. The molecule has 5 nitrogen and oxygen atoms in total. The standard InChI is InChI=1S/C83H65N5/c1-50-33-51(2)38-65(37-50)60-24-29-76-71(45-60)72-46-61(66-39-52(3)34-53(4)40-66)25-30-77(72)87(76)75-22-16-15-21-69(75)70-28-23-64(83-85-81(58-17-11-9-12-18-58)84-82(86-83)59-19-13-10-14-20-59)49-80(70)88-78-31-26-62(67-41-54(5)35-55(6)42-67)47-73(78)74-48-63(27-32-79(74)88)68-43-56(7)36-57(8)44-68/h9-49H,1-8H3. The average molecular weight is 1130 g/mol. The molecule has 0 radical (unpaired) electrons. The van der Waals surface area contributed by atoms with Crippen LogP contribution in [0.25, 0.3) is 145 Å². The minimum absolute atomic E-state index is 0.588. The zero-order chi connectivity index (χ0) is 59.9. The van der Waals surface area contributed by atoms with Crippen molar-refractivity contribution in [3.63, 3.8) is 0 Å². The van der Waals surface area contributed by atoms with Crippen LogP contribution >= 0.6 is 0 Å². The fourth-order valence-electron chi connectivity index (χ4n) is 13.8. The summed E-state index contributed by atoms with van der Waals surface area (Å²) in [6.45, 7) is 17.5. The molecular weight excluding hydrogens is 1070 g/mol. The predicted molar refractivity (Wildman–Crippen MR) is 370 cm³/mol. The third-order valence-corrected chi connectivity index (χ3v) is 17.4. The van der Waals surface area contributed by atoms with Crippen molar-refractivity contribution < 1.29 is 0 Å². The van der Waals surface area contributed by atoms with Crippen LogP contribution in [-0.2, 0) is 0 Å². The highest BCUT2D eigenvalue weighted by Gasteiger charge is 2.24. The van der Waals surface area contributed by atoms with Crippen molar-refractivity contribution in [1.29, 1.82) is 0 Å². The van der Waals surface area contributed by atoms with Gasteiger partial charge < -0.3 is 9.13 Å². The summed E-state index contributed by atoms with van der Waals surface area (Å²) in [5, 5.41) is 4.73. The number of aromatic nitrogens is 5. The van der Waals surface area contributed by atoms with Gasteiger partial charge in [-0.1, -0.05) is 233 Å². The Balaban J connectivity index is 1.02. The highest BCUT2D eigenvalue weighted by molar-refractivity contribution is 6.14. The number of para-hydroxylation sites is 1. The topological polar surface area (TPSA) is 48.5 Å². The van der Waals surface area contributed by atoms with Gasteiger partial charge in [0.25, 0.3) is 0 Å². The highest BCUT2D eigenvalue weighted by atomic mass is 15.0. The largest absolute Gasteiger partial charge is 0.309 e. The SMILES string of the molecule is Cc1cc(C)cc(-c2ccc3c(c2)c2cc(-c4cc(C)cc(C)c4)ccc2n3-c2ccccc2-c2ccc(-c3nc(-c4ccccc4)nc(-c4ccccc4)n3)cc2-n2c3ccc(-c4cc(C)cc(C)c4)cc3c3cc(-c4cc(C)cc(C)c4)ccc32)c1. The Bertz CT molecular complexity index is 4940. The van der Waals surface area contributed by atoms with Crippen LogP contribution in [0.3, 0.4) is 0 Å². The van der Waals surface area contributed by atoms with Crippen molar-refractivity contribution in [2.45, 2.75) is 55.4 Å². The van der Waals surface area contributed by atoms with E-state index in [0.717, 1.165) is 61.3 Å². The van der Waals surface area contributed by atoms with Crippen LogP contribution in [0.2, 0.25) is 0 Å². The van der Waals surface area contributed by atoms with Crippen molar-refractivity contribution in [2.75, 3.05) is 0 Å². The maximum atomic E-state index is 5.34. The quantitative estimate of drug-likeness (QED) is 0.137. The van der Waals surface area contributed by atoms with Crippen molar-refractivity contribution in [3.05, 3.63) is 293 Å². The van der Waals surface area contributed by atoms with E-state index in [9.17, 15) is 0 Å². The Hall–Kier alpha value is -10.8. The van der Waals surface area contributed by atoms with Crippen LogP contribution in [0.15, 0.2) is 249 Å². The monoisotopic (exact) mass is 1130 g/mol. The van der Waals surface area contributed by atoms with Crippen LogP contribution in [0, 0.1) is 55.4 Å². The molecule has 0 saturated carbocycles. The number of nitrogens with zero attached hydrogens (tertiary/aromatic N) is 5.